The topological polar surface area (TPSA) is 12.0 Å². The van der Waals surface area contributed by atoms with Crippen molar-refractivity contribution in [3.05, 3.63) is 34.1 Å². The molecule has 1 fully saturated rings. The zero-order valence-corrected chi connectivity index (χ0v) is 12.5. The lowest BCUT2D eigenvalue weighted by molar-refractivity contribution is 0.436. The molecule has 0 spiro atoms. The summed E-state index contributed by atoms with van der Waals surface area (Å²) in [5.41, 5.74) is 1.22. The molecule has 2 rings (SSSR count). The Kier molecular flexibility index (Phi) is 5.19. The maximum Gasteiger partial charge on any atom is 0.124 e. The van der Waals surface area contributed by atoms with Gasteiger partial charge in [0.2, 0.25) is 0 Å². The average Bonchev–Trinajstić information content (AvgIpc) is 3.13. The lowest BCUT2D eigenvalue weighted by Gasteiger charge is -2.17. The minimum Gasteiger partial charge on any atom is -0.314 e. The SMILES string of the molecule is CCCC(CNC1CC1)Cc1ccc(F)cc1Br. The number of benzene rings is 1. The maximum absolute atomic E-state index is 13.1. The van der Waals surface area contributed by atoms with E-state index in [1.165, 1.54) is 31.2 Å². The van der Waals surface area contributed by atoms with Crippen LogP contribution in [0.25, 0.3) is 0 Å². The summed E-state index contributed by atoms with van der Waals surface area (Å²) in [5, 5.41) is 3.60. The Labute approximate surface area is 117 Å². The van der Waals surface area contributed by atoms with Crippen LogP contribution in [0.2, 0.25) is 0 Å². The van der Waals surface area contributed by atoms with E-state index in [-0.39, 0.29) is 5.82 Å². The lowest BCUT2D eigenvalue weighted by Crippen LogP contribution is -2.26. The molecule has 18 heavy (non-hydrogen) atoms. The van der Waals surface area contributed by atoms with Crippen molar-refractivity contribution in [2.24, 2.45) is 5.92 Å². The Hall–Kier alpha value is -0.410. The van der Waals surface area contributed by atoms with Crippen molar-refractivity contribution < 1.29 is 4.39 Å². The molecule has 0 radical (unpaired) electrons. The van der Waals surface area contributed by atoms with Gasteiger partial charge in [-0.2, -0.15) is 0 Å². The molecule has 0 aromatic heterocycles. The van der Waals surface area contributed by atoms with Gasteiger partial charge in [-0.15, -0.1) is 0 Å². The van der Waals surface area contributed by atoms with Crippen LogP contribution in [0.4, 0.5) is 4.39 Å². The minimum absolute atomic E-state index is 0.172. The Balaban J connectivity index is 1.92. The Bertz CT molecular complexity index is 390. The first kappa shape index (κ1) is 14.0. The largest absolute Gasteiger partial charge is 0.314 e. The molecule has 0 amide bonds. The van der Waals surface area contributed by atoms with Crippen LogP contribution < -0.4 is 5.32 Å². The van der Waals surface area contributed by atoms with Crippen molar-refractivity contribution in [2.75, 3.05) is 6.54 Å². The zero-order chi connectivity index (χ0) is 13.0. The second-order valence-corrected chi connectivity index (χ2v) is 6.13. The summed E-state index contributed by atoms with van der Waals surface area (Å²) in [5.74, 6) is 0.478. The molecule has 1 saturated carbocycles. The Morgan fingerprint density at radius 3 is 2.83 bits per heavy atom. The van der Waals surface area contributed by atoms with E-state index in [1.54, 1.807) is 12.1 Å². The van der Waals surface area contributed by atoms with Crippen LogP contribution in [0.5, 0.6) is 0 Å². The summed E-state index contributed by atoms with van der Waals surface area (Å²) in [7, 11) is 0. The van der Waals surface area contributed by atoms with Gasteiger partial charge in [-0.1, -0.05) is 35.3 Å². The first-order chi connectivity index (χ1) is 8.69. The van der Waals surface area contributed by atoms with E-state index in [2.05, 4.69) is 28.2 Å². The molecule has 3 heteroatoms. The molecule has 0 saturated heterocycles. The molecular formula is C15H21BrFN. The average molecular weight is 314 g/mol. The van der Waals surface area contributed by atoms with Crippen molar-refractivity contribution in [3.8, 4) is 0 Å². The minimum atomic E-state index is -0.172. The van der Waals surface area contributed by atoms with E-state index < -0.39 is 0 Å². The van der Waals surface area contributed by atoms with Gasteiger partial charge in [0.25, 0.3) is 0 Å². The number of rotatable bonds is 7. The van der Waals surface area contributed by atoms with E-state index >= 15 is 0 Å². The molecule has 0 aliphatic heterocycles. The highest BCUT2D eigenvalue weighted by Crippen LogP contribution is 2.24. The molecule has 1 aromatic rings. The fraction of sp³-hybridized carbons (Fsp3) is 0.600. The molecule has 100 valence electrons. The quantitative estimate of drug-likeness (QED) is 0.791. The predicted octanol–water partition coefficient (Wildman–Crippen LogP) is 4.30. The van der Waals surface area contributed by atoms with Crippen molar-refractivity contribution in [1.82, 2.24) is 5.32 Å². The summed E-state index contributed by atoms with van der Waals surface area (Å²) in [6.07, 6.45) is 6.12. The third-order valence-corrected chi connectivity index (χ3v) is 4.23. The summed E-state index contributed by atoms with van der Waals surface area (Å²) < 4.78 is 14.0. The third-order valence-electron chi connectivity index (χ3n) is 3.49. The molecule has 1 aliphatic carbocycles. The molecule has 1 N–H and O–H groups in total. The van der Waals surface area contributed by atoms with E-state index in [9.17, 15) is 4.39 Å². The van der Waals surface area contributed by atoms with Crippen molar-refractivity contribution in [2.45, 2.75) is 45.1 Å². The van der Waals surface area contributed by atoms with E-state index in [0.29, 0.717) is 5.92 Å². The molecule has 0 bridgehead atoms. The first-order valence-electron chi connectivity index (χ1n) is 6.86. The summed E-state index contributed by atoms with van der Waals surface area (Å²) in [6, 6.07) is 5.78. The van der Waals surface area contributed by atoms with Crippen molar-refractivity contribution in [3.63, 3.8) is 0 Å². The number of halogens is 2. The van der Waals surface area contributed by atoms with Crippen molar-refractivity contribution in [1.29, 1.82) is 0 Å². The van der Waals surface area contributed by atoms with Gasteiger partial charge in [-0.3, -0.25) is 0 Å². The van der Waals surface area contributed by atoms with Crippen LogP contribution in [0.15, 0.2) is 22.7 Å². The van der Waals surface area contributed by atoms with Gasteiger partial charge in [0, 0.05) is 10.5 Å². The van der Waals surface area contributed by atoms with Crippen LogP contribution in [0.1, 0.15) is 38.2 Å². The zero-order valence-electron chi connectivity index (χ0n) is 10.9. The van der Waals surface area contributed by atoms with Crippen LogP contribution in [-0.2, 0) is 6.42 Å². The van der Waals surface area contributed by atoms with Gasteiger partial charge in [0.05, 0.1) is 0 Å². The Morgan fingerprint density at radius 1 is 1.44 bits per heavy atom. The molecule has 1 unspecified atom stereocenters. The van der Waals surface area contributed by atoms with E-state index in [0.717, 1.165) is 23.5 Å². The molecule has 1 nitrogen and oxygen atoms in total. The highest BCUT2D eigenvalue weighted by atomic mass is 79.9. The lowest BCUT2D eigenvalue weighted by atomic mass is 9.95. The monoisotopic (exact) mass is 313 g/mol. The normalized spacial score (nSPS) is 16.8. The molecule has 1 aromatic carbocycles. The first-order valence-corrected chi connectivity index (χ1v) is 7.65. The van der Waals surface area contributed by atoms with Crippen LogP contribution in [-0.4, -0.2) is 12.6 Å². The van der Waals surface area contributed by atoms with Crippen LogP contribution in [0, 0.1) is 11.7 Å². The molecule has 1 aliphatic rings. The standard InChI is InChI=1S/C15H21BrFN/c1-2-3-11(10-18-14-6-7-14)8-12-4-5-13(17)9-15(12)16/h4-5,9,11,14,18H,2-3,6-8,10H2,1H3. The summed E-state index contributed by atoms with van der Waals surface area (Å²) in [4.78, 5) is 0. The van der Waals surface area contributed by atoms with Crippen LogP contribution >= 0.6 is 15.9 Å². The van der Waals surface area contributed by atoms with Gasteiger partial charge >= 0.3 is 0 Å². The number of hydrogen-bond donors (Lipinski definition) is 1. The summed E-state index contributed by atoms with van der Waals surface area (Å²) in [6.45, 7) is 3.31. The number of hydrogen-bond acceptors (Lipinski definition) is 1. The fourth-order valence-corrected chi connectivity index (χ4v) is 2.82. The van der Waals surface area contributed by atoms with Gasteiger partial charge in [-0.05, 0) is 55.8 Å². The second kappa shape index (κ2) is 6.67. The van der Waals surface area contributed by atoms with Crippen molar-refractivity contribution >= 4 is 15.9 Å². The predicted molar refractivity (Wildman–Crippen MR) is 77.2 cm³/mol. The van der Waals surface area contributed by atoms with Crippen LogP contribution in [0.3, 0.4) is 0 Å². The number of nitrogens with one attached hydrogen (secondary N) is 1. The highest BCUT2D eigenvalue weighted by Gasteiger charge is 2.22. The van der Waals surface area contributed by atoms with Gasteiger partial charge < -0.3 is 5.32 Å². The maximum atomic E-state index is 13.1. The van der Waals surface area contributed by atoms with Gasteiger partial charge in [-0.25, -0.2) is 4.39 Å². The highest BCUT2D eigenvalue weighted by molar-refractivity contribution is 9.10. The Morgan fingerprint density at radius 2 is 2.22 bits per heavy atom. The fourth-order valence-electron chi connectivity index (χ4n) is 2.30. The molecular weight excluding hydrogens is 293 g/mol. The second-order valence-electron chi connectivity index (χ2n) is 5.28. The van der Waals surface area contributed by atoms with Gasteiger partial charge in [0.15, 0.2) is 0 Å². The third kappa shape index (κ3) is 4.36. The van der Waals surface area contributed by atoms with E-state index in [1.807, 2.05) is 6.07 Å². The molecule has 0 heterocycles. The summed E-state index contributed by atoms with van der Waals surface area (Å²) >= 11 is 3.46. The van der Waals surface area contributed by atoms with Gasteiger partial charge in [0.1, 0.15) is 5.82 Å². The molecule has 1 atom stereocenters. The van der Waals surface area contributed by atoms with E-state index in [4.69, 9.17) is 0 Å². The smallest absolute Gasteiger partial charge is 0.124 e.